The Morgan fingerprint density at radius 1 is 0.963 bits per heavy atom. The number of halogens is 2. The Kier molecular flexibility index (Phi) is 10.6. The van der Waals surface area contributed by atoms with Crippen LogP contribution in [0.3, 0.4) is 0 Å². The van der Waals surface area contributed by atoms with Crippen molar-refractivity contribution in [1.29, 1.82) is 0 Å². The molecule has 0 spiro atoms. The van der Waals surface area contributed by atoms with E-state index >= 15 is 0 Å². The summed E-state index contributed by atoms with van der Waals surface area (Å²) >= 11 is 5.85. The largest absolute Gasteiger partial charge is 0.484 e. The van der Waals surface area contributed by atoms with Crippen molar-refractivity contribution >= 4 is 29.9 Å². The third-order valence-electron chi connectivity index (χ3n) is 3.89. The maximum atomic E-state index is 11.8. The second kappa shape index (κ2) is 12.4. The van der Waals surface area contributed by atoms with E-state index in [9.17, 15) is 4.79 Å². The predicted octanol–water partition coefficient (Wildman–Crippen LogP) is 4.39. The highest BCUT2D eigenvalue weighted by molar-refractivity contribution is 6.30. The van der Waals surface area contributed by atoms with E-state index in [0.717, 1.165) is 19.6 Å². The summed E-state index contributed by atoms with van der Waals surface area (Å²) in [6.07, 6.45) is 0. The van der Waals surface area contributed by atoms with Crippen LogP contribution in [-0.2, 0) is 4.79 Å². The Morgan fingerprint density at radius 3 is 2.04 bits per heavy atom. The standard InChI is InChI=1S/C20H25ClN2O3.ClH/c1-3-23(4-2)14-13-22-20(24)15-25-17-9-11-19(12-10-17)26-18-7-5-16(21)6-8-18;/h5-12H,3-4,13-15H2,1-2H3,(H,22,24);1H. The topological polar surface area (TPSA) is 50.8 Å². The summed E-state index contributed by atoms with van der Waals surface area (Å²) in [4.78, 5) is 14.1. The number of carbonyl (C=O) groups excluding carboxylic acids is 1. The Hall–Kier alpha value is -1.95. The molecule has 2 rings (SSSR count). The van der Waals surface area contributed by atoms with Gasteiger partial charge in [-0.15, -0.1) is 12.4 Å². The molecule has 148 valence electrons. The second-order valence-electron chi connectivity index (χ2n) is 5.69. The van der Waals surface area contributed by atoms with Gasteiger partial charge in [0.25, 0.3) is 5.91 Å². The van der Waals surface area contributed by atoms with Crippen molar-refractivity contribution in [3.05, 3.63) is 53.6 Å². The molecule has 5 nitrogen and oxygen atoms in total. The minimum absolute atomic E-state index is 0. The molecule has 27 heavy (non-hydrogen) atoms. The van der Waals surface area contributed by atoms with E-state index in [1.807, 2.05) is 0 Å². The van der Waals surface area contributed by atoms with Crippen LogP contribution in [0.4, 0.5) is 0 Å². The van der Waals surface area contributed by atoms with Crippen LogP contribution < -0.4 is 14.8 Å². The van der Waals surface area contributed by atoms with Crippen molar-refractivity contribution in [2.24, 2.45) is 0 Å². The number of hydrogen-bond acceptors (Lipinski definition) is 4. The van der Waals surface area contributed by atoms with E-state index in [2.05, 4.69) is 24.1 Å². The van der Waals surface area contributed by atoms with E-state index < -0.39 is 0 Å². The first-order valence-corrected chi connectivity index (χ1v) is 9.13. The van der Waals surface area contributed by atoms with E-state index in [-0.39, 0.29) is 24.9 Å². The van der Waals surface area contributed by atoms with Crippen LogP contribution in [-0.4, -0.2) is 43.6 Å². The maximum absolute atomic E-state index is 11.8. The number of likely N-dealkylation sites (N-methyl/N-ethyl adjacent to an activating group) is 1. The summed E-state index contributed by atoms with van der Waals surface area (Å²) < 4.78 is 11.2. The molecule has 0 saturated carbocycles. The number of amides is 1. The summed E-state index contributed by atoms with van der Waals surface area (Å²) in [5.41, 5.74) is 0. The lowest BCUT2D eigenvalue weighted by Crippen LogP contribution is -2.36. The Balaban J connectivity index is 0.00000364. The number of ether oxygens (including phenoxy) is 2. The van der Waals surface area contributed by atoms with Gasteiger partial charge in [0.15, 0.2) is 6.61 Å². The van der Waals surface area contributed by atoms with E-state index in [1.165, 1.54) is 0 Å². The monoisotopic (exact) mass is 412 g/mol. The molecule has 0 atom stereocenters. The maximum Gasteiger partial charge on any atom is 0.257 e. The van der Waals surface area contributed by atoms with Gasteiger partial charge in [-0.05, 0) is 61.6 Å². The average molecular weight is 413 g/mol. The Morgan fingerprint density at radius 2 is 1.48 bits per heavy atom. The van der Waals surface area contributed by atoms with Crippen LogP contribution in [0, 0.1) is 0 Å². The Bertz CT molecular complexity index is 675. The molecule has 0 aliphatic rings. The number of carbonyl (C=O) groups is 1. The third-order valence-corrected chi connectivity index (χ3v) is 4.14. The van der Waals surface area contributed by atoms with Crippen LogP contribution in [0.25, 0.3) is 0 Å². The van der Waals surface area contributed by atoms with Crippen molar-refractivity contribution in [1.82, 2.24) is 10.2 Å². The van der Waals surface area contributed by atoms with Crippen LogP contribution in [0.5, 0.6) is 17.2 Å². The summed E-state index contributed by atoms with van der Waals surface area (Å²) in [6, 6.07) is 14.3. The molecule has 0 fully saturated rings. The first-order valence-electron chi connectivity index (χ1n) is 8.76. The molecule has 1 N–H and O–H groups in total. The molecule has 0 unspecified atom stereocenters. The molecular formula is C20H26Cl2N2O3. The summed E-state index contributed by atoms with van der Waals surface area (Å²) in [5, 5.41) is 3.52. The fourth-order valence-electron chi connectivity index (χ4n) is 2.34. The van der Waals surface area contributed by atoms with E-state index in [1.54, 1.807) is 48.5 Å². The fourth-order valence-corrected chi connectivity index (χ4v) is 2.46. The molecule has 0 aromatic heterocycles. The summed E-state index contributed by atoms with van der Waals surface area (Å²) in [6.45, 7) is 7.63. The van der Waals surface area contributed by atoms with Gasteiger partial charge in [-0.25, -0.2) is 0 Å². The summed E-state index contributed by atoms with van der Waals surface area (Å²) in [5.74, 6) is 1.88. The van der Waals surface area contributed by atoms with Crippen molar-refractivity contribution in [3.8, 4) is 17.2 Å². The van der Waals surface area contributed by atoms with Gasteiger partial charge in [0.1, 0.15) is 17.2 Å². The van der Waals surface area contributed by atoms with Crippen molar-refractivity contribution in [3.63, 3.8) is 0 Å². The first-order chi connectivity index (χ1) is 12.6. The van der Waals surface area contributed by atoms with Gasteiger partial charge in [-0.2, -0.15) is 0 Å². The van der Waals surface area contributed by atoms with Gasteiger partial charge in [-0.3, -0.25) is 4.79 Å². The number of benzene rings is 2. The van der Waals surface area contributed by atoms with Gasteiger partial charge in [0, 0.05) is 18.1 Å². The van der Waals surface area contributed by atoms with Crippen LogP contribution in [0.15, 0.2) is 48.5 Å². The number of nitrogens with zero attached hydrogens (tertiary/aromatic N) is 1. The second-order valence-corrected chi connectivity index (χ2v) is 6.13. The zero-order valence-electron chi connectivity index (χ0n) is 15.6. The first kappa shape index (κ1) is 23.1. The van der Waals surface area contributed by atoms with Gasteiger partial charge in [-0.1, -0.05) is 25.4 Å². The quantitative estimate of drug-likeness (QED) is 0.628. The van der Waals surface area contributed by atoms with Crippen molar-refractivity contribution in [2.75, 3.05) is 32.8 Å². The SMILES string of the molecule is CCN(CC)CCNC(=O)COc1ccc(Oc2ccc(Cl)cc2)cc1.Cl. The van der Waals surface area contributed by atoms with Gasteiger partial charge in [0.05, 0.1) is 0 Å². The highest BCUT2D eigenvalue weighted by Gasteiger charge is 2.05. The normalized spacial score (nSPS) is 10.2. The molecule has 0 radical (unpaired) electrons. The predicted molar refractivity (Wildman–Crippen MR) is 112 cm³/mol. The zero-order chi connectivity index (χ0) is 18.8. The highest BCUT2D eigenvalue weighted by Crippen LogP contribution is 2.24. The summed E-state index contributed by atoms with van der Waals surface area (Å²) in [7, 11) is 0. The molecule has 0 aliphatic heterocycles. The van der Waals surface area contributed by atoms with Gasteiger partial charge < -0.3 is 19.7 Å². The smallest absolute Gasteiger partial charge is 0.257 e. The lowest BCUT2D eigenvalue weighted by Gasteiger charge is -2.18. The molecule has 2 aromatic carbocycles. The molecule has 0 saturated heterocycles. The molecule has 1 amide bonds. The number of hydrogen-bond donors (Lipinski definition) is 1. The Labute approximate surface area is 172 Å². The third kappa shape index (κ3) is 8.52. The molecule has 7 heteroatoms. The number of rotatable bonds is 10. The van der Waals surface area contributed by atoms with Gasteiger partial charge in [0.2, 0.25) is 0 Å². The molecule has 2 aromatic rings. The van der Waals surface area contributed by atoms with Crippen molar-refractivity contribution < 1.29 is 14.3 Å². The van der Waals surface area contributed by atoms with Crippen LogP contribution in [0.1, 0.15) is 13.8 Å². The highest BCUT2D eigenvalue weighted by atomic mass is 35.5. The van der Waals surface area contributed by atoms with E-state index in [0.29, 0.717) is 28.8 Å². The minimum atomic E-state index is -0.126. The number of nitrogens with one attached hydrogen (secondary N) is 1. The molecule has 0 aliphatic carbocycles. The zero-order valence-corrected chi connectivity index (χ0v) is 17.2. The van der Waals surface area contributed by atoms with Crippen molar-refractivity contribution in [2.45, 2.75) is 13.8 Å². The van der Waals surface area contributed by atoms with E-state index in [4.69, 9.17) is 21.1 Å². The molecule has 0 bridgehead atoms. The van der Waals surface area contributed by atoms with Gasteiger partial charge >= 0.3 is 0 Å². The fraction of sp³-hybridized carbons (Fsp3) is 0.350. The minimum Gasteiger partial charge on any atom is -0.484 e. The lowest BCUT2D eigenvalue weighted by atomic mass is 10.3. The van der Waals surface area contributed by atoms with Crippen LogP contribution >= 0.6 is 24.0 Å². The molecule has 0 heterocycles. The van der Waals surface area contributed by atoms with Crippen LogP contribution in [0.2, 0.25) is 5.02 Å². The molecular weight excluding hydrogens is 387 g/mol. The average Bonchev–Trinajstić information content (AvgIpc) is 2.66. The lowest BCUT2D eigenvalue weighted by molar-refractivity contribution is -0.123.